The van der Waals surface area contributed by atoms with Crippen LogP contribution >= 0.6 is 11.3 Å². The van der Waals surface area contributed by atoms with E-state index < -0.39 is 0 Å². The lowest BCUT2D eigenvalue weighted by molar-refractivity contribution is -0.138. The Bertz CT molecular complexity index is 933. The van der Waals surface area contributed by atoms with Gasteiger partial charge in [-0.1, -0.05) is 6.07 Å². The van der Waals surface area contributed by atoms with Crippen LogP contribution in [0.1, 0.15) is 25.6 Å². The summed E-state index contributed by atoms with van der Waals surface area (Å²) in [7, 11) is 0. The van der Waals surface area contributed by atoms with Crippen LogP contribution in [0.5, 0.6) is 0 Å². The molecule has 0 atom stereocenters. The Kier molecular flexibility index (Phi) is 6.46. The number of nitrogens with zero attached hydrogens (tertiary/aromatic N) is 1. The summed E-state index contributed by atoms with van der Waals surface area (Å²) in [4.78, 5) is 39.1. The number of carbonyl (C=O) groups excluding carboxylic acids is 3. The highest BCUT2D eigenvalue weighted by atomic mass is 32.1. The lowest BCUT2D eigenvalue weighted by Gasteiger charge is -2.16. The summed E-state index contributed by atoms with van der Waals surface area (Å²) >= 11 is 1.40. The van der Waals surface area contributed by atoms with Crippen molar-refractivity contribution in [2.24, 2.45) is 0 Å². The molecule has 3 rings (SSSR count). The number of hydrogen-bond acceptors (Lipinski definition) is 6. The molecule has 29 heavy (non-hydrogen) atoms. The minimum Gasteiger partial charge on any atom is -0.377 e. The maximum atomic E-state index is 13.0. The van der Waals surface area contributed by atoms with Gasteiger partial charge in [0.05, 0.1) is 24.8 Å². The Hall–Kier alpha value is -2.97. The Morgan fingerprint density at radius 1 is 1.10 bits per heavy atom. The normalized spacial score (nSPS) is 14.1. The van der Waals surface area contributed by atoms with Crippen LogP contribution in [-0.4, -0.2) is 41.9 Å². The fourth-order valence-electron chi connectivity index (χ4n) is 2.91. The third-order valence-electron chi connectivity index (χ3n) is 4.18. The second kappa shape index (κ2) is 9.02. The number of carbonyl (C=O) groups is 3. The van der Waals surface area contributed by atoms with Crippen molar-refractivity contribution in [3.8, 4) is 0 Å². The second-order valence-corrected chi connectivity index (χ2v) is 7.74. The molecule has 8 heteroatoms. The first-order valence-corrected chi connectivity index (χ1v) is 10.2. The molecule has 1 aromatic heterocycles. The van der Waals surface area contributed by atoms with Gasteiger partial charge in [0.25, 0.3) is 11.8 Å². The second-order valence-electron chi connectivity index (χ2n) is 6.79. The number of benzene rings is 1. The summed E-state index contributed by atoms with van der Waals surface area (Å²) in [5.41, 5.74) is 1.90. The molecule has 7 nitrogen and oxygen atoms in total. The Morgan fingerprint density at radius 3 is 2.38 bits per heavy atom. The molecule has 0 radical (unpaired) electrons. The first kappa shape index (κ1) is 20.8. The van der Waals surface area contributed by atoms with E-state index in [0.717, 1.165) is 4.88 Å². The highest BCUT2D eigenvalue weighted by Crippen LogP contribution is 2.32. The van der Waals surface area contributed by atoms with Gasteiger partial charge < -0.3 is 15.4 Å². The van der Waals surface area contributed by atoms with E-state index in [1.807, 2.05) is 31.4 Å². The molecule has 0 spiro atoms. The summed E-state index contributed by atoms with van der Waals surface area (Å²) < 4.78 is 5.51. The lowest BCUT2D eigenvalue weighted by atomic mass is 10.2. The maximum absolute atomic E-state index is 13.0. The monoisotopic (exact) mass is 413 g/mol. The minimum absolute atomic E-state index is 0.0206. The third-order valence-corrected chi connectivity index (χ3v) is 5.06. The van der Waals surface area contributed by atoms with Crippen molar-refractivity contribution in [2.75, 3.05) is 23.8 Å². The molecule has 3 amide bonds. The van der Waals surface area contributed by atoms with Crippen LogP contribution in [0, 0.1) is 0 Å². The van der Waals surface area contributed by atoms with Crippen LogP contribution in [0.4, 0.5) is 11.4 Å². The number of nitrogens with one attached hydrogen (secondary N) is 2. The average Bonchev–Trinajstić information content (AvgIpc) is 3.25. The average molecular weight is 413 g/mol. The molecule has 2 aromatic rings. The van der Waals surface area contributed by atoms with Crippen molar-refractivity contribution in [2.45, 2.75) is 26.9 Å². The molecule has 0 aliphatic carbocycles. The van der Waals surface area contributed by atoms with Gasteiger partial charge in [0.1, 0.15) is 5.70 Å². The SMILES string of the molecule is CC(=O)Nc1ccc(NC2=C(c3cccs3)C(=O)N(CCOC(C)C)C2=O)cc1. The number of amides is 3. The Labute approximate surface area is 173 Å². The molecule has 0 fully saturated rings. The largest absolute Gasteiger partial charge is 0.377 e. The van der Waals surface area contributed by atoms with E-state index in [0.29, 0.717) is 16.9 Å². The number of rotatable bonds is 8. The van der Waals surface area contributed by atoms with Crippen molar-refractivity contribution in [3.05, 3.63) is 52.4 Å². The standard InChI is InChI=1S/C21H23N3O4S/c1-13(2)28-11-10-24-20(26)18(17-5-4-12-29-17)19(21(24)27)23-16-8-6-15(7-9-16)22-14(3)25/h4-9,12-13,23H,10-11H2,1-3H3,(H,22,25). The van der Waals surface area contributed by atoms with Crippen LogP contribution in [0.15, 0.2) is 47.5 Å². The van der Waals surface area contributed by atoms with Gasteiger partial charge in [-0.3, -0.25) is 19.3 Å². The number of hydrogen-bond donors (Lipinski definition) is 2. The molecule has 2 N–H and O–H groups in total. The van der Waals surface area contributed by atoms with Gasteiger partial charge >= 0.3 is 0 Å². The van der Waals surface area contributed by atoms with Crippen LogP contribution in [-0.2, 0) is 19.1 Å². The molecular weight excluding hydrogens is 390 g/mol. The fourth-order valence-corrected chi connectivity index (χ4v) is 3.68. The minimum atomic E-state index is -0.378. The van der Waals surface area contributed by atoms with Crippen LogP contribution in [0.2, 0.25) is 0 Å². The summed E-state index contributed by atoms with van der Waals surface area (Å²) in [5, 5.41) is 7.65. The van der Waals surface area contributed by atoms with Gasteiger partial charge in [0.2, 0.25) is 5.91 Å². The molecule has 0 bridgehead atoms. The van der Waals surface area contributed by atoms with Gasteiger partial charge in [0.15, 0.2) is 0 Å². The van der Waals surface area contributed by atoms with E-state index >= 15 is 0 Å². The number of thiophene rings is 1. The van der Waals surface area contributed by atoms with E-state index in [1.165, 1.54) is 23.2 Å². The van der Waals surface area contributed by atoms with Crippen molar-refractivity contribution < 1.29 is 19.1 Å². The molecule has 0 saturated heterocycles. The van der Waals surface area contributed by atoms with E-state index in [1.54, 1.807) is 24.3 Å². The van der Waals surface area contributed by atoms with Gasteiger partial charge in [-0.05, 0) is 49.6 Å². The molecule has 1 aliphatic rings. The van der Waals surface area contributed by atoms with E-state index in [-0.39, 0.29) is 42.7 Å². The highest BCUT2D eigenvalue weighted by molar-refractivity contribution is 7.11. The lowest BCUT2D eigenvalue weighted by Crippen LogP contribution is -2.35. The highest BCUT2D eigenvalue weighted by Gasteiger charge is 2.39. The van der Waals surface area contributed by atoms with Gasteiger partial charge in [-0.25, -0.2) is 0 Å². The van der Waals surface area contributed by atoms with Crippen molar-refractivity contribution in [1.29, 1.82) is 0 Å². The number of anilines is 2. The molecule has 1 aliphatic heterocycles. The van der Waals surface area contributed by atoms with Crippen molar-refractivity contribution in [1.82, 2.24) is 4.90 Å². The van der Waals surface area contributed by atoms with E-state index in [4.69, 9.17) is 4.74 Å². The zero-order chi connectivity index (χ0) is 21.0. The van der Waals surface area contributed by atoms with Crippen LogP contribution < -0.4 is 10.6 Å². The van der Waals surface area contributed by atoms with Gasteiger partial charge in [-0.2, -0.15) is 0 Å². The van der Waals surface area contributed by atoms with Gasteiger partial charge in [-0.15, -0.1) is 11.3 Å². The maximum Gasteiger partial charge on any atom is 0.278 e. The molecular formula is C21H23N3O4S. The summed E-state index contributed by atoms with van der Waals surface area (Å²) in [5.74, 6) is -0.872. The topological polar surface area (TPSA) is 87.7 Å². The first-order valence-electron chi connectivity index (χ1n) is 9.27. The Balaban J connectivity index is 1.85. The van der Waals surface area contributed by atoms with Crippen LogP contribution in [0.25, 0.3) is 5.57 Å². The van der Waals surface area contributed by atoms with Crippen LogP contribution in [0.3, 0.4) is 0 Å². The summed E-state index contributed by atoms with van der Waals surface area (Å²) in [6.07, 6.45) is 0.0206. The summed E-state index contributed by atoms with van der Waals surface area (Å²) in [6.45, 7) is 5.72. The number of ether oxygens (including phenoxy) is 1. The van der Waals surface area contributed by atoms with E-state index in [2.05, 4.69) is 10.6 Å². The Morgan fingerprint density at radius 2 is 1.79 bits per heavy atom. The molecule has 152 valence electrons. The third kappa shape index (κ3) is 4.90. The van der Waals surface area contributed by atoms with Gasteiger partial charge in [0, 0.05) is 23.2 Å². The predicted molar refractivity (Wildman–Crippen MR) is 113 cm³/mol. The first-order chi connectivity index (χ1) is 13.9. The molecule has 0 unspecified atom stereocenters. The van der Waals surface area contributed by atoms with E-state index in [9.17, 15) is 14.4 Å². The number of imide groups is 1. The molecule has 2 heterocycles. The van der Waals surface area contributed by atoms with Crippen molar-refractivity contribution in [3.63, 3.8) is 0 Å². The fraction of sp³-hybridized carbons (Fsp3) is 0.286. The smallest absolute Gasteiger partial charge is 0.278 e. The predicted octanol–water partition coefficient (Wildman–Crippen LogP) is 3.32. The quantitative estimate of drug-likeness (QED) is 0.648. The summed E-state index contributed by atoms with van der Waals surface area (Å²) in [6, 6.07) is 10.6. The molecule has 1 aromatic carbocycles. The van der Waals surface area contributed by atoms with Crippen molar-refractivity contribution >= 4 is 46.0 Å². The zero-order valence-corrected chi connectivity index (χ0v) is 17.3. The zero-order valence-electron chi connectivity index (χ0n) is 16.5. The molecule has 0 saturated carbocycles.